The Morgan fingerprint density at radius 1 is 1.00 bits per heavy atom. The predicted octanol–water partition coefficient (Wildman–Crippen LogP) is 1.66. The van der Waals surface area contributed by atoms with Gasteiger partial charge in [-0.3, -0.25) is 4.79 Å². The second kappa shape index (κ2) is 7.40. The summed E-state index contributed by atoms with van der Waals surface area (Å²) in [6, 6.07) is 16.2. The highest BCUT2D eigenvalue weighted by Gasteiger charge is 2.47. The number of amides is 1. The summed E-state index contributed by atoms with van der Waals surface area (Å²) < 4.78 is 16.6. The van der Waals surface area contributed by atoms with Gasteiger partial charge in [-0.1, -0.05) is 47.6 Å². The molecule has 2 saturated heterocycles. The zero-order valence-corrected chi connectivity index (χ0v) is 15.4. The standard InChI is InChI=1S/C21H19N3O5/c25-16-11-28-17-15(10-27-18(16)17)22-20(26)13-8-4-5-9-14(13)21-23-19(24-29-21)12-6-2-1-3-7-12/h1-9,15-18,25H,10-11H2,(H,22,26)/t15-,16-,17-,18-/m1/s1. The first kappa shape index (κ1) is 18.0. The van der Waals surface area contributed by atoms with Crippen LogP contribution in [0.4, 0.5) is 0 Å². The van der Waals surface area contributed by atoms with Crippen molar-refractivity contribution in [1.29, 1.82) is 0 Å². The molecule has 0 bridgehead atoms. The third-order valence-corrected chi connectivity index (χ3v) is 5.20. The third kappa shape index (κ3) is 3.31. The molecule has 3 heterocycles. The topological polar surface area (TPSA) is 107 Å². The lowest BCUT2D eigenvalue weighted by Gasteiger charge is -2.18. The average molecular weight is 393 g/mol. The molecule has 0 unspecified atom stereocenters. The molecule has 3 aromatic rings. The zero-order chi connectivity index (χ0) is 19.8. The van der Waals surface area contributed by atoms with E-state index in [0.29, 0.717) is 23.6 Å². The number of aliphatic hydroxyl groups is 1. The predicted molar refractivity (Wildman–Crippen MR) is 102 cm³/mol. The second-order valence-corrected chi connectivity index (χ2v) is 7.08. The average Bonchev–Trinajstić information content (AvgIpc) is 3.48. The molecule has 2 aliphatic heterocycles. The monoisotopic (exact) mass is 393 g/mol. The van der Waals surface area contributed by atoms with Gasteiger partial charge >= 0.3 is 0 Å². The molecule has 0 aliphatic carbocycles. The number of carbonyl (C=O) groups is 1. The molecule has 2 aromatic carbocycles. The van der Waals surface area contributed by atoms with Crippen LogP contribution in [-0.2, 0) is 9.47 Å². The lowest BCUT2D eigenvalue weighted by Crippen LogP contribution is -2.44. The van der Waals surface area contributed by atoms with Crippen molar-refractivity contribution in [3.63, 3.8) is 0 Å². The van der Waals surface area contributed by atoms with Gasteiger partial charge in [-0.25, -0.2) is 0 Å². The van der Waals surface area contributed by atoms with Crippen LogP contribution >= 0.6 is 0 Å². The summed E-state index contributed by atoms with van der Waals surface area (Å²) in [5.74, 6) is 0.429. The molecule has 148 valence electrons. The summed E-state index contributed by atoms with van der Waals surface area (Å²) >= 11 is 0. The molecule has 0 radical (unpaired) electrons. The lowest BCUT2D eigenvalue weighted by atomic mass is 10.0. The minimum absolute atomic E-state index is 0.211. The molecule has 4 atom stereocenters. The first-order chi connectivity index (χ1) is 14.2. The van der Waals surface area contributed by atoms with Crippen LogP contribution in [0.1, 0.15) is 10.4 Å². The Kier molecular flexibility index (Phi) is 4.59. The normalized spacial score (nSPS) is 25.7. The fraction of sp³-hybridized carbons (Fsp3) is 0.286. The maximum Gasteiger partial charge on any atom is 0.259 e. The fourth-order valence-corrected chi connectivity index (χ4v) is 3.75. The van der Waals surface area contributed by atoms with E-state index >= 15 is 0 Å². The fourth-order valence-electron chi connectivity index (χ4n) is 3.75. The molecule has 2 aliphatic rings. The van der Waals surface area contributed by atoms with Gasteiger partial charge in [0.05, 0.1) is 30.4 Å². The van der Waals surface area contributed by atoms with E-state index in [9.17, 15) is 9.90 Å². The maximum atomic E-state index is 13.0. The Hall–Kier alpha value is -3.07. The molecule has 8 heteroatoms. The zero-order valence-electron chi connectivity index (χ0n) is 15.4. The Labute approximate surface area is 166 Å². The van der Waals surface area contributed by atoms with Crippen molar-refractivity contribution >= 4 is 5.91 Å². The number of aromatic nitrogens is 2. The van der Waals surface area contributed by atoms with Crippen LogP contribution in [0.15, 0.2) is 59.1 Å². The van der Waals surface area contributed by atoms with Crippen LogP contribution in [0.3, 0.4) is 0 Å². The van der Waals surface area contributed by atoms with Crippen molar-refractivity contribution in [2.24, 2.45) is 0 Å². The molecule has 0 saturated carbocycles. The number of hydrogen-bond acceptors (Lipinski definition) is 7. The van der Waals surface area contributed by atoms with Gasteiger partial charge in [0.1, 0.15) is 18.3 Å². The largest absolute Gasteiger partial charge is 0.388 e. The van der Waals surface area contributed by atoms with Crippen LogP contribution in [0, 0.1) is 0 Å². The van der Waals surface area contributed by atoms with Crippen molar-refractivity contribution in [2.45, 2.75) is 24.4 Å². The van der Waals surface area contributed by atoms with E-state index in [-0.39, 0.29) is 30.6 Å². The Morgan fingerprint density at radius 3 is 2.62 bits per heavy atom. The molecule has 1 amide bonds. The number of ether oxygens (including phenoxy) is 2. The molecular formula is C21H19N3O5. The van der Waals surface area contributed by atoms with Crippen LogP contribution in [0.5, 0.6) is 0 Å². The number of aliphatic hydroxyl groups excluding tert-OH is 1. The van der Waals surface area contributed by atoms with Crippen molar-refractivity contribution in [1.82, 2.24) is 15.5 Å². The van der Waals surface area contributed by atoms with E-state index in [2.05, 4.69) is 15.5 Å². The van der Waals surface area contributed by atoms with E-state index < -0.39 is 12.2 Å². The van der Waals surface area contributed by atoms with Gasteiger partial charge in [-0.2, -0.15) is 4.98 Å². The van der Waals surface area contributed by atoms with Crippen molar-refractivity contribution in [2.75, 3.05) is 13.2 Å². The molecule has 29 heavy (non-hydrogen) atoms. The first-order valence-electron chi connectivity index (χ1n) is 9.41. The summed E-state index contributed by atoms with van der Waals surface area (Å²) in [6.45, 7) is 0.502. The number of nitrogens with one attached hydrogen (secondary N) is 1. The number of hydrogen-bond donors (Lipinski definition) is 2. The summed E-state index contributed by atoms with van der Waals surface area (Å²) in [4.78, 5) is 17.4. The number of rotatable bonds is 4. The number of fused-ring (bicyclic) bond motifs is 1. The Morgan fingerprint density at radius 2 is 1.76 bits per heavy atom. The van der Waals surface area contributed by atoms with Gasteiger partial charge < -0.3 is 24.4 Å². The maximum absolute atomic E-state index is 13.0. The van der Waals surface area contributed by atoms with E-state index in [4.69, 9.17) is 14.0 Å². The molecular weight excluding hydrogens is 374 g/mol. The van der Waals surface area contributed by atoms with E-state index in [0.717, 1.165) is 5.56 Å². The van der Waals surface area contributed by atoms with Crippen LogP contribution in [-0.4, -0.2) is 58.7 Å². The molecule has 0 spiro atoms. The highest BCUT2D eigenvalue weighted by molar-refractivity contribution is 6.00. The number of carbonyl (C=O) groups excluding carboxylic acids is 1. The highest BCUT2D eigenvalue weighted by Crippen LogP contribution is 2.28. The van der Waals surface area contributed by atoms with Gasteiger partial charge in [0, 0.05) is 5.56 Å². The van der Waals surface area contributed by atoms with E-state index in [1.165, 1.54) is 0 Å². The lowest BCUT2D eigenvalue weighted by molar-refractivity contribution is 0.0178. The Bertz CT molecular complexity index is 1020. The molecule has 5 rings (SSSR count). The van der Waals surface area contributed by atoms with E-state index in [1.807, 2.05) is 36.4 Å². The molecule has 2 N–H and O–H groups in total. The van der Waals surface area contributed by atoms with Crippen LogP contribution < -0.4 is 5.32 Å². The summed E-state index contributed by atoms with van der Waals surface area (Å²) in [5, 5.41) is 16.8. The van der Waals surface area contributed by atoms with Gasteiger partial charge in [0.15, 0.2) is 0 Å². The summed E-state index contributed by atoms with van der Waals surface area (Å²) in [7, 11) is 0. The smallest absolute Gasteiger partial charge is 0.259 e. The second-order valence-electron chi connectivity index (χ2n) is 7.08. The SMILES string of the molecule is O=C(N[C@@H]1CO[C@H]2[C@@H]1OC[C@H]2O)c1ccccc1-c1nc(-c2ccccc2)no1. The van der Waals surface area contributed by atoms with Gasteiger partial charge in [0.2, 0.25) is 5.82 Å². The first-order valence-corrected chi connectivity index (χ1v) is 9.41. The van der Waals surface area contributed by atoms with Crippen molar-refractivity contribution in [3.05, 3.63) is 60.2 Å². The number of benzene rings is 2. The van der Waals surface area contributed by atoms with Crippen molar-refractivity contribution in [3.8, 4) is 22.8 Å². The van der Waals surface area contributed by atoms with Gasteiger partial charge in [-0.05, 0) is 12.1 Å². The molecule has 1 aromatic heterocycles. The number of nitrogens with zero attached hydrogens (tertiary/aromatic N) is 2. The quantitative estimate of drug-likeness (QED) is 0.694. The highest BCUT2D eigenvalue weighted by atomic mass is 16.6. The van der Waals surface area contributed by atoms with Crippen LogP contribution in [0.2, 0.25) is 0 Å². The van der Waals surface area contributed by atoms with Gasteiger partial charge in [0.25, 0.3) is 11.8 Å². The third-order valence-electron chi connectivity index (χ3n) is 5.20. The van der Waals surface area contributed by atoms with Gasteiger partial charge in [-0.15, -0.1) is 0 Å². The minimum Gasteiger partial charge on any atom is -0.388 e. The van der Waals surface area contributed by atoms with Crippen LogP contribution in [0.25, 0.3) is 22.8 Å². The van der Waals surface area contributed by atoms with E-state index in [1.54, 1.807) is 18.2 Å². The summed E-state index contributed by atoms with van der Waals surface area (Å²) in [5.41, 5.74) is 1.79. The Balaban J connectivity index is 1.39. The molecule has 2 fully saturated rings. The minimum atomic E-state index is -0.663. The van der Waals surface area contributed by atoms with Crippen molar-refractivity contribution < 1.29 is 23.9 Å². The summed E-state index contributed by atoms with van der Waals surface area (Å²) in [6.07, 6.45) is -1.42. The molecule has 8 nitrogen and oxygen atoms in total.